The Morgan fingerprint density at radius 2 is 1.88 bits per heavy atom. The lowest BCUT2D eigenvalue weighted by Gasteiger charge is -2.17. The van der Waals surface area contributed by atoms with Gasteiger partial charge in [0, 0.05) is 30.8 Å². The van der Waals surface area contributed by atoms with Crippen molar-refractivity contribution in [3.8, 4) is 0 Å². The largest absolute Gasteiger partial charge is 0.325 e. The van der Waals surface area contributed by atoms with Crippen LogP contribution in [0.4, 0.5) is 17.1 Å². The maximum absolute atomic E-state index is 12.6. The fourth-order valence-corrected chi connectivity index (χ4v) is 2.95. The zero-order valence-corrected chi connectivity index (χ0v) is 14.6. The maximum Gasteiger partial charge on any atom is 0.271 e. The van der Waals surface area contributed by atoms with Crippen LogP contribution in [0.15, 0.2) is 42.5 Å². The third-order valence-electron chi connectivity index (χ3n) is 4.53. The molecule has 2 aromatic rings. The van der Waals surface area contributed by atoms with Gasteiger partial charge in [-0.3, -0.25) is 19.7 Å². The Labute approximate surface area is 150 Å². The molecular formula is C19H19N3O4. The molecular weight excluding hydrogens is 334 g/mol. The summed E-state index contributed by atoms with van der Waals surface area (Å²) in [6.07, 6.45) is 0.119. The van der Waals surface area contributed by atoms with E-state index in [1.807, 2.05) is 31.2 Å². The molecule has 2 aromatic carbocycles. The molecule has 1 aliphatic heterocycles. The fourth-order valence-electron chi connectivity index (χ4n) is 2.95. The van der Waals surface area contributed by atoms with Crippen LogP contribution >= 0.6 is 0 Å². The second-order valence-corrected chi connectivity index (χ2v) is 6.49. The van der Waals surface area contributed by atoms with Gasteiger partial charge in [0.15, 0.2) is 0 Å². The van der Waals surface area contributed by atoms with Crippen molar-refractivity contribution < 1.29 is 14.5 Å². The highest BCUT2D eigenvalue weighted by molar-refractivity contribution is 6.03. The molecule has 3 rings (SSSR count). The van der Waals surface area contributed by atoms with Crippen LogP contribution in [0.5, 0.6) is 0 Å². The Morgan fingerprint density at radius 1 is 1.19 bits per heavy atom. The summed E-state index contributed by atoms with van der Waals surface area (Å²) in [5.74, 6) is -0.913. The highest BCUT2D eigenvalue weighted by atomic mass is 16.6. The first-order valence-corrected chi connectivity index (χ1v) is 8.28. The van der Waals surface area contributed by atoms with Crippen molar-refractivity contribution in [3.63, 3.8) is 0 Å². The number of nitrogens with zero attached hydrogens (tertiary/aromatic N) is 2. The SMILES string of the molecule is Cc1ccc(N2CC(C(=O)Nc3cc([N+](=O)[O-])ccc3C)CC2=O)cc1. The van der Waals surface area contributed by atoms with Crippen molar-refractivity contribution in [2.24, 2.45) is 5.92 Å². The molecule has 2 amide bonds. The minimum absolute atomic E-state index is 0.0883. The first-order valence-electron chi connectivity index (χ1n) is 8.28. The number of non-ortho nitro benzene ring substituents is 1. The molecule has 1 unspecified atom stereocenters. The number of aryl methyl sites for hydroxylation is 2. The number of nitro benzene ring substituents is 1. The minimum Gasteiger partial charge on any atom is -0.325 e. The minimum atomic E-state index is -0.507. The molecule has 1 N–H and O–H groups in total. The van der Waals surface area contributed by atoms with Crippen molar-refractivity contribution in [2.45, 2.75) is 20.3 Å². The number of nitrogens with one attached hydrogen (secondary N) is 1. The standard InChI is InChI=1S/C19H19N3O4/c1-12-3-6-15(7-4-12)21-11-14(9-18(21)23)19(24)20-17-10-16(22(25)26)8-5-13(17)2/h3-8,10,14H,9,11H2,1-2H3,(H,20,24). The average molecular weight is 353 g/mol. The van der Waals surface area contributed by atoms with E-state index in [2.05, 4.69) is 5.32 Å². The molecule has 1 fully saturated rings. The number of amides is 2. The van der Waals surface area contributed by atoms with Gasteiger partial charge in [-0.15, -0.1) is 0 Å². The van der Waals surface area contributed by atoms with E-state index in [1.165, 1.54) is 12.1 Å². The summed E-state index contributed by atoms with van der Waals surface area (Å²) in [7, 11) is 0. The van der Waals surface area contributed by atoms with Gasteiger partial charge in [0.2, 0.25) is 11.8 Å². The van der Waals surface area contributed by atoms with Crippen molar-refractivity contribution in [1.82, 2.24) is 0 Å². The van der Waals surface area contributed by atoms with Gasteiger partial charge in [-0.2, -0.15) is 0 Å². The van der Waals surface area contributed by atoms with Crippen LogP contribution < -0.4 is 10.2 Å². The van der Waals surface area contributed by atoms with E-state index in [9.17, 15) is 19.7 Å². The van der Waals surface area contributed by atoms with E-state index >= 15 is 0 Å². The van der Waals surface area contributed by atoms with Gasteiger partial charge in [0.1, 0.15) is 0 Å². The topological polar surface area (TPSA) is 92.6 Å². The summed E-state index contributed by atoms with van der Waals surface area (Å²) in [5, 5.41) is 13.6. The van der Waals surface area contributed by atoms with Crippen molar-refractivity contribution in [3.05, 3.63) is 63.7 Å². The van der Waals surface area contributed by atoms with Crippen LogP contribution in [0, 0.1) is 29.9 Å². The molecule has 7 heteroatoms. The van der Waals surface area contributed by atoms with Gasteiger partial charge in [-0.1, -0.05) is 23.8 Å². The number of hydrogen-bond acceptors (Lipinski definition) is 4. The highest BCUT2D eigenvalue weighted by Gasteiger charge is 2.35. The van der Waals surface area contributed by atoms with Crippen LogP contribution in [-0.4, -0.2) is 23.3 Å². The fraction of sp³-hybridized carbons (Fsp3) is 0.263. The molecule has 0 aliphatic carbocycles. The number of hydrogen-bond donors (Lipinski definition) is 1. The second kappa shape index (κ2) is 6.95. The van der Waals surface area contributed by atoms with Gasteiger partial charge < -0.3 is 10.2 Å². The molecule has 0 bridgehead atoms. The molecule has 0 saturated carbocycles. The molecule has 0 aromatic heterocycles. The summed E-state index contributed by atoms with van der Waals surface area (Å²) >= 11 is 0. The van der Waals surface area contributed by atoms with Gasteiger partial charge in [0.25, 0.3) is 5.69 Å². The smallest absolute Gasteiger partial charge is 0.271 e. The van der Waals surface area contributed by atoms with E-state index in [4.69, 9.17) is 0 Å². The van der Waals surface area contributed by atoms with E-state index in [0.29, 0.717) is 12.2 Å². The summed E-state index contributed by atoms with van der Waals surface area (Å²) in [6.45, 7) is 4.02. The lowest BCUT2D eigenvalue weighted by Crippen LogP contribution is -2.28. The second-order valence-electron chi connectivity index (χ2n) is 6.49. The van der Waals surface area contributed by atoms with E-state index < -0.39 is 10.8 Å². The van der Waals surface area contributed by atoms with Crippen LogP contribution in [-0.2, 0) is 9.59 Å². The molecule has 7 nitrogen and oxygen atoms in total. The Bertz CT molecular complexity index is 877. The van der Waals surface area contributed by atoms with Crippen molar-refractivity contribution in [2.75, 3.05) is 16.8 Å². The summed E-state index contributed by atoms with van der Waals surface area (Å²) in [6, 6.07) is 11.9. The van der Waals surface area contributed by atoms with Gasteiger partial charge in [-0.05, 0) is 31.5 Å². The lowest BCUT2D eigenvalue weighted by molar-refractivity contribution is -0.384. The van der Waals surface area contributed by atoms with Crippen molar-refractivity contribution >= 4 is 28.9 Å². The number of carbonyl (C=O) groups excluding carboxylic acids is 2. The lowest BCUT2D eigenvalue weighted by atomic mass is 10.1. The molecule has 1 atom stereocenters. The van der Waals surface area contributed by atoms with Gasteiger partial charge in [0.05, 0.1) is 16.5 Å². The molecule has 0 spiro atoms. The van der Waals surface area contributed by atoms with Crippen LogP contribution in [0.1, 0.15) is 17.5 Å². The number of benzene rings is 2. The predicted molar refractivity (Wildman–Crippen MR) is 98.1 cm³/mol. The predicted octanol–water partition coefficient (Wildman–Crippen LogP) is 3.20. The number of anilines is 2. The first kappa shape index (κ1) is 17.6. The molecule has 26 heavy (non-hydrogen) atoms. The zero-order chi connectivity index (χ0) is 18.8. The molecule has 1 aliphatic rings. The Balaban J connectivity index is 1.73. The molecule has 1 saturated heterocycles. The van der Waals surface area contributed by atoms with Crippen LogP contribution in [0.25, 0.3) is 0 Å². The number of nitro groups is 1. The summed E-state index contributed by atoms with van der Waals surface area (Å²) in [5.41, 5.74) is 2.89. The summed E-state index contributed by atoms with van der Waals surface area (Å²) in [4.78, 5) is 36.9. The highest BCUT2D eigenvalue weighted by Crippen LogP contribution is 2.28. The van der Waals surface area contributed by atoms with Crippen LogP contribution in [0.3, 0.4) is 0 Å². The van der Waals surface area contributed by atoms with Crippen molar-refractivity contribution in [1.29, 1.82) is 0 Å². The quantitative estimate of drug-likeness (QED) is 0.675. The zero-order valence-electron chi connectivity index (χ0n) is 14.6. The monoisotopic (exact) mass is 353 g/mol. The van der Waals surface area contributed by atoms with E-state index in [-0.39, 0.29) is 23.9 Å². The number of carbonyl (C=O) groups is 2. The maximum atomic E-state index is 12.6. The average Bonchev–Trinajstić information content (AvgIpc) is 2.99. The molecule has 1 heterocycles. The summed E-state index contributed by atoms with van der Waals surface area (Å²) < 4.78 is 0. The Kier molecular flexibility index (Phi) is 4.71. The van der Waals surface area contributed by atoms with E-state index in [1.54, 1.807) is 17.9 Å². The third kappa shape index (κ3) is 3.56. The Morgan fingerprint density at radius 3 is 2.54 bits per heavy atom. The van der Waals surface area contributed by atoms with Crippen LogP contribution in [0.2, 0.25) is 0 Å². The Hall–Kier alpha value is -3.22. The normalized spacial score (nSPS) is 16.6. The van der Waals surface area contributed by atoms with Gasteiger partial charge in [-0.25, -0.2) is 0 Å². The molecule has 134 valence electrons. The number of rotatable bonds is 4. The van der Waals surface area contributed by atoms with E-state index in [0.717, 1.165) is 16.8 Å². The van der Waals surface area contributed by atoms with Gasteiger partial charge >= 0.3 is 0 Å². The first-order chi connectivity index (χ1) is 12.3. The third-order valence-corrected chi connectivity index (χ3v) is 4.53. The molecule has 0 radical (unpaired) electrons.